The van der Waals surface area contributed by atoms with E-state index in [0.29, 0.717) is 11.8 Å². The second-order valence-electron chi connectivity index (χ2n) is 7.63. The molecule has 1 amide bonds. The number of anilines is 2. The van der Waals surface area contributed by atoms with E-state index in [1.54, 1.807) is 0 Å². The average Bonchev–Trinajstić information content (AvgIpc) is 3.47. The molecular formula is C22H27N3O. The lowest BCUT2D eigenvalue weighted by Gasteiger charge is -2.38. The molecule has 4 nitrogen and oxygen atoms in total. The third-order valence-electron chi connectivity index (χ3n) is 5.53. The lowest BCUT2D eigenvalue weighted by Crippen LogP contribution is -2.46. The van der Waals surface area contributed by atoms with Crippen LogP contribution in [-0.4, -0.2) is 51.1 Å². The molecule has 2 atom stereocenters. The first-order valence-corrected chi connectivity index (χ1v) is 9.50. The fraction of sp³-hybridized carbons (Fsp3) is 0.409. The summed E-state index contributed by atoms with van der Waals surface area (Å²) in [6.07, 6.45) is 0.978. The largest absolute Gasteiger partial charge is 0.367 e. The number of nitrogens with zero attached hydrogens (tertiary/aromatic N) is 3. The van der Waals surface area contributed by atoms with Crippen LogP contribution in [0.4, 0.5) is 11.4 Å². The van der Waals surface area contributed by atoms with Gasteiger partial charge in [0.05, 0.1) is 11.4 Å². The Morgan fingerprint density at radius 3 is 2.42 bits per heavy atom. The van der Waals surface area contributed by atoms with E-state index in [1.807, 2.05) is 17.0 Å². The van der Waals surface area contributed by atoms with Gasteiger partial charge in [-0.1, -0.05) is 42.5 Å². The normalized spacial score (nSPS) is 21.7. The van der Waals surface area contributed by atoms with Crippen molar-refractivity contribution in [3.8, 4) is 0 Å². The van der Waals surface area contributed by atoms with Gasteiger partial charge in [0.2, 0.25) is 5.91 Å². The minimum Gasteiger partial charge on any atom is -0.367 e. The highest BCUT2D eigenvalue weighted by atomic mass is 16.2. The number of hydrogen-bond acceptors (Lipinski definition) is 3. The molecule has 2 aromatic carbocycles. The van der Waals surface area contributed by atoms with E-state index >= 15 is 0 Å². The molecule has 0 radical (unpaired) electrons. The Bertz CT molecular complexity index is 774. The number of benzene rings is 2. The molecule has 1 aliphatic heterocycles. The summed E-state index contributed by atoms with van der Waals surface area (Å²) in [4.78, 5) is 19.8. The number of amides is 1. The van der Waals surface area contributed by atoms with Gasteiger partial charge in [0.1, 0.15) is 0 Å². The molecule has 0 spiro atoms. The molecule has 0 N–H and O–H groups in total. The third-order valence-corrected chi connectivity index (χ3v) is 5.53. The number of hydrogen-bond donors (Lipinski definition) is 0. The Labute approximate surface area is 156 Å². The second-order valence-corrected chi connectivity index (χ2v) is 7.63. The quantitative estimate of drug-likeness (QED) is 0.829. The van der Waals surface area contributed by atoms with Gasteiger partial charge in [-0.2, -0.15) is 0 Å². The van der Waals surface area contributed by atoms with E-state index in [9.17, 15) is 4.79 Å². The van der Waals surface area contributed by atoms with Crippen molar-refractivity contribution in [1.82, 2.24) is 4.90 Å². The molecule has 1 aliphatic carbocycles. The van der Waals surface area contributed by atoms with Crippen molar-refractivity contribution in [2.45, 2.75) is 12.3 Å². The summed E-state index contributed by atoms with van der Waals surface area (Å²) in [6.45, 7) is 3.68. The monoisotopic (exact) mass is 349 g/mol. The highest BCUT2D eigenvalue weighted by Gasteiger charge is 2.46. The summed E-state index contributed by atoms with van der Waals surface area (Å²) in [5, 5.41) is 0. The van der Waals surface area contributed by atoms with Crippen LogP contribution in [0.2, 0.25) is 0 Å². The van der Waals surface area contributed by atoms with Gasteiger partial charge in [0.15, 0.2) is 0 Å². The lowest BCUT2D eigenvalue weighted by molar-refractivity contribution is -0.119. The first-order chi connectivity index (χ1) is 12.6. The van der Waals surface area contributed by atoms with Crippen molar-refractivity contribution >= 4 is 17.3 Å². The van der Waals surface area contributed by atoms with Crippen molar-refractivity contribution in [1.29, 1.82) is 0 Å². The average molecular weight is 349 g/mol. The molecule has 0 aromatic heterocycles. The number of para-hydroxylation sites is 2. The van der Waals surface area contributed by atoms with Crippen LogP contribution in [0.3, 0.4) is 0 Å². The molecule has 26 heavy (non-hydrogen) atoms. The van der Waals surface area contributed by atoms with Crippen molar-refractivity contribution in [3.05, 3.63) is 60.2 Å². The Kier molecular flexibility index (Phi) is 4.68. The molecule has 0 bridgehead atoms. The van der Waals surface area contributed by atoms with Crippen molar-refractivity contribution in [3.63, 3.8) is 0 Å². The van der Waals surface area contributed by atoms with E-state index in [-0.39, 0.29) is 5.92 Å². The van der Waals surface area contributed by atoms with Gasteiger partial charge >= 0.3 is 0 Å². The fourth-order valence-electron chi connectivity index (χ4n) is 3.94. The van der Waals surface area contributed by atoms with Crippen molar-refractivity contribution < 1.29 is 4.79 Å². The number of carbonyl (C=O) groups excluding carboxylic acids is 1. The van der Waals surface area contributed by atoms with Crippen LogP contribution in [0.5, 0.6) is 0 Å². The molecule has 4 rings (SSSR count). The topological polar surface area (TPSA) is 26.8 Å². The SMILES string of the molecule is CN(C)CCN1CCN(C(=O)C2CC2c2ccccc2)c2ccccc21. The van der Waals surface area contributed by atoms with Gasteiger partial charge in [-0.15, -0.1) is 0 Å². The Balaban J connectivity index is 1.51. The molecule has 2 unspecified atom stereocenters. The van der Waals surface area contributed by atoms with Gasteiger partial charge in [-0.25, -0.2) is 0 Å². The van der Waals surface area contributed by atoms with Gasteiger partial charge in [-0.05, 0) is 44.1 Å². The summed E-state index contributed by atoms with van der Waals surface area (Å²) < 4.78 is 0. The van der Waals surface area contributed by atoms with E-state index in [0.717, 1.165) is 38.3 Å². The molecule has 1 saturated carbocycles. The summed E-state index contributed by atoms with van der Waals surface area (Å²) >= 11 is 0. The molecular weight excluding hydrogens is 322 g/mol. The zero-order chi connectivity index (χ0) is 18.1. The first-order valence-electron chi connectivity index (χ1n) is 9.50. The molecule has 2 aliphatic rings. The summed E-state index contributed by atoms with van der Waals surface area (Å²) in [5.41, 5.74) is 3.55. The van der Waals surface area contributed by atoms with Crippen molar-refractivity contribution in [2.75, 3.05) is 50.1 Å². The summed E-state index contributed by atoms with van der Waals surface area (Å²) in [6, 6.07) is 18.8. The zero-order valence-corrected chi connectivity index (χ0v) is 15.6. The molecule has 0 saturated heterocycles. The van der Waals surface area contributed by atoms with Crippen LogP contribution in [0.25, 0.3) is 0 Å². The van der Waals surface area contributed by atoms with E-state index in [1.165, 1.54) is 11.3 Å². The number of carbonyl (C=O) groups is 1. The molecule has 136 valence electrons. The predicted molar refractivity (Wildman–Crippen MR) is 107 cm³/mol. The van der Waals surface area contributed by atoms with Crippen LogP contribution >= 0.6 is 0 Å². The molecule has 4 heteroatoms. The number of rotatable bonds is 5. The van der Waals surface area contributed by atoms with Crippen LogP contribution in [0.15, 0.2) is 54.6 Å². The minimum absolute atomic E-state index is 0.138. The van der Waals surface area contributed by atoms with E-state index < -0.39 is 0 Å². The summed E-state index contributed by atoms with van der Waals surface area (Å²) in [7, 11) is 4.20. The van der Waals surface area contributed by atoms with Gasteiger partial charge in [-0.3, -0.25) is 4.79 Å². The second kappa shape index (κ2) is 7.12. The Morgan fingerprint density at radius 1 is 1.00 bits per heavy atom. The summed E-state index contributed by atoms with van der Waals surface area (Å²) in [5.74, 6) is 0.819. The molecule has 2 aromatic rings. The standard InChI is InChI=1S/C22H27N3O/c1-23(2)12-13-24-14-15-25(21-11-7-6-10-20(21)24)22(26)19-16-18(19)17-8-4-3-5-9-17/h3-11,18-19H,12-16H2,1-2H3. The van der Waals surface area contributed by atoms with Crippen LogP contribution in [0, 0.1) is 5.92 Å². The third kappa shape index (κ3) is 3.34. The zero-order valence-electron chi connectivity index (χ0n) is 15.6. The Hall–Kier alpha value is -2.33. The highest BCUT2D eigenvalue weighted by Crippen LogP contribution is 2.49. The number of fused-ring (bicyclic) bond motifs is 1. The maximum atomic E-state index is 13.2. The maximum Gasteiger partial charge on any atom is 0.230 e. The highest BCUT2D eigenvalue weighted by molar-refractivity contribution is 6.01. The van der Waals surface area contributed by atoms with E-state index in [4.69, 9.17) is 0 Å². The molecule has 1 fully saturated rings. The van der Waals surface area contributed by atoms with Gasteiger partial charge in [0, 0.05) is 32.1 Å². The van der Waals surface area contributed by atoms with Crippen LogP contribution in [0.1, 0.15) is 17.9 Å². The van der Waals surface area contributed by atoms with E-state index in [2.05, 4.69) is 66.4 Å². The van der Waals surface area contributed by atoms with Crippen LogP contribution in [-0.2, 0) is 4.79 Å². The first kappa shape index (κ1) is 17.1. The number of likely N-dealkylation sites (N-methyl/N-ethyl adjacent to an activating group) is 1. The van der Waals surface area contributed by atoms with Crippen LogP contribution < -0.4 is 9.80 Å². The predicted octanol–water partition coefficient (Wildman–Crippen LogP) is 3.20. The van der Waals surface area contributed by atoms with Gasteiger partial charge in [0.25, 0.3) is 0 Å². The lowest BCUT2D eigenvalue weighted by atomic mass is 10.1. The fourth-order valence-corrected chi connectivity index (χ4v) is 3.94. The molecule has 1 heterocycles. The maximum absolute atomic E-state index is 13.2. The van der Waals surface area contributed by atoms with Gasteiger partial charge < -0.3 is 14.7 Å². The van der Waals surface area contributed by atoms with Crippen molar-refractivity contribution in [2.24, 2.45) is 5.92 Å². The smallest absolute Gasteiger partial charge is 0.230 e. The Morgan fingerprint density at radius 2 is 1.69 bits per heavy atom. The minimum atomic E-state index is 0.138.